The van der Waals surface area contributed by atoms with E-state index in [4.69, 9.17) is 0 Å². The largest absolute Gasteiger partial charge is 0.280 e. The number of halogens is 2. The van der Waals surface area contributed by atoms with E-state index in [9.17, 15) is 17.2 Å². The normalized spacial score (nSPS) is 12.9. The van der Waals surface area contributed by atoms with Crippen molar-refractivity contribution in [1.29, 1.82) is 0 Å². The maximum atomic E-state index is 13.6. The Morgan fingerprint density at radius 2 is 1.73 bits per heavy atom. The Hall–Kier alpha value is -1.95. The first-order chi connectivity index (χ1) is 10.3. The van der Waals surface area contributed by atoms with Crippen molar-refractivity contribution >= 4 is 15.7 Å². The Bertz CT molecular complexity index is 758. The average molecular weight is 325 g/mol. The number of benzene rings is 2. The van der Waals surface area contributed by atoms with Gasteiger partial charge in [0.1, 0.15) is 16.5 Å². The summed E-state index contributed by atoms with van der Waals surface area (Å²) >= 11 is 0. The van der Waals surface area contributed by atoms with Crippen LogP contribution >= 0.6 is 0 Å². The van der Waals surface area contributed by atoms with Crippen molar-refractivity contribution in [3.63, 3.8) is 0 Å². The lowest BCUT2D eigenvalue weighted by atomic mass is 9.99. The standard InChI is InChI=1S/C16H17F2NO2S/c1-3-11(2)12-4-7-14(8-5-12)19-22(20,21)16-10-13(17)6-9-15(16)18/h4-11,19H,3H2,1-2H3. The molecule has 0 saturated carbocycles. The predicted molar refractivity (Wildman–Crippen MR) is 82.3 cm³/mol. The van der Waals surface area contributed by atoms with E-state index in [-0.39, 0.29) is 0 Å². The van der Waals surface area contributed by atoms with E-state index >= 15 is 0 Å². The van der Waals surface area contributed by atoms with E-state index in [2.05, 4.69) is 18.6 Å². The van der Waals surface area contributed by atoms with Gasteiger partial charge in [-0.2, -0.15) is 0 Å². The third-order valence-corrected chi connectivity index (χ3v) is 4.92. The van der Waals surface area contributed by atoms with Crippen LogP contribution in [0.15, 0.2) is 47.4 Å². The summed E-state index contributed by atoms with van der Waals surface area (Å²) in [6.07, 6.45) is 0.972. The number of hydrogen-bond acceptors (Lipinski definition) is 2. The quantitative estimate of drug-likeness (QED) is 0.892. The molecule has 0 aliphatic heterocycles. The summed E-state index contributed by atoms with van der Waals surface area (Å²) in [5.74, 6) is -1.44. The summed E-state index contributed by atoms with van der Waals surface area (Å²) in [6.45, 7) is 4.13. The molecule has 118 valence electrons. The second kappa shape index (κ2) is 6.44. The van der Waals surface area contributed by atoms with E-state index in [1.54, 1.807) is 12.1 Å². The lowest BCUT2D eigenvalue weighted by Gasteiger charge is -2.12. The molecule has 0 aliphatic carbocycles. The van der Waals surface area contributed by atoms with Gasteiger partial charge in [0.05, 0.1) is 0 Å². The maximum Gasteiger partial charge on any atom is 0.264 e. The van der Waals surface area contributed by atoms with E-state index in [1.807, 2.05) is 12.1 Å². The van der Waals surface area contributed by atoms with Crippen molar-refractivity contribution in [3.8, 4) is 0 Å². The Morgan fingerprint density at radius 1 is 1.09 bits per heavy atom. The van der Waals surface area contributed by atoms with Crippen LogP contribution in [0.1, 0.15) is 31.7 Å². The molecule has 0 radical (unpaired) electrons. The van der Waals surface area contributed by atoms with Gasteiger partial charge in [0.25, 0.3) is 10.0 Å². The molecule has 0 saturated heterocycles. The van der Waals surface area contributed by atoms with Crippen LogP contribution in [0.3, 0.4) is 0 Å². The molecule has 0 heterocycles. The highest BCUT2D eigenvalue weighted by Gasteiger charge is 2.20. The van der Waals surface area contributed by atoms with Crippen molar-refractivity contribution in [2.24, 2.45) is 0 Å². The van der Waals surface area contributed by atoms with Gasteiger partial charge in [-0.05, 0) is 48.2 Å². The Balaban J connectivity index is 2.27. The molecule has 6 heteroatoms. The number of nitrogens with one attached hydrogen (secondary N) is 1. The second-order valence-electron chi connectivity index (χ2n) is 5.11. The van der Waals surface area contributed by atoms with Gasteiger partial charge in [-0.15, -0.1) is 0 Å². The summed E-state index contributed by atoms with van der Waals surface area (Å²) in [7, 11) is -4.17. The third-order valence-electron chi connectivity index (χ3n) is 3.53. The SMILES string of the molecule is CCC(C)c1ccc(NS(=O)(=O)c2cc(F)ccc2F)cc1. The minimum absolute atomic E-state index is 0.302. The van der Waals surface area contributed by atoms with Crippen LogP contribution < -0.4 is 4.72 Å². The Labute approximate surface area is 129 Å². The van der Waals surface area contributed by atoms with Crippen LogP contribution in [0.25, 0.3) is 0 Å². The molecule has 0 fully saturated rings. The maximum absolute atomic E-state index is 13.6. The molecule has 0 aliphatic rings. The number of sulfonamides is 1. The molecule has 1 unspecified atom stereocenters. The van der Waals surface area contributed by atoms with E-state index in [1.165, 1.54) is 0 Å². The second-order valence-corrected chi connectivity index (χ2v) is 6.76. The highest BCUT2D eigenvalue weighted by atomic mass is 32.2. The van der Waals surface area contributed by atoms with Crippen LogP contribution in [0, 0.1) is 11.6 Å². The fraction of sp³-hybridized carbons (Fsp3) is 0.250. The molecule has 1 N–H and O–H groups in total. The molecular weight excluding hydrogens is 308 g/mol. The first-order valence-electron chi connectivity index (χ1n) is 6.91. The first-order valence-corrected chi connectivity index (χ1v) is 8.39. The molecular formula is C16H17F2NO2S. The van der Waals surface area contributed by atoms with Gasteiger partial charge >= 0.3 is 0 Å². The fourth-order valence-electron chi connectivity index (χ4n) is 2.01. The van der Waals surface area contributed by atoms with E-state index in [0.29, 0.717) is 17.7 Å². The summed E-state index contributed by atoms with van der Waals surface area (Å²) in [6, 6.07) is 9.16. The molecule has 1 atom stereocenters. The number of hydrogen-bond donors (Lipinski definition) is 1. The van der Waals surface area contributed by atoms with Crippen LogP contribution in [-0.2, 0) is 10.0 Å². The average Bonchev–Trinajstić information content (AvgIpc) is 2.49. The number of anilines is 1. The van der Waals surface area contributed by atoms with Crippen LogP contribution in [0.4, 0.5) is 14.5 Å². The van der Waals surface area contributed by atoms with E-state index in [0.717, 1.165) is 24.1 Å². The van der Waals surface area contributed by atoms with Gasteiger partial charge in [-0.25, -0.2) is 17.2 Å². The zero-order valence-corrected chi connectivity index (χ0v) is 13.1. The molecule has 2 rings (SSSR count). The molecule has 0 bridgehead atoms. The van der Waals surface area contributed by atoms with Crippen LogP contribution in [0.5, 0.6) is 0 Å². The summed E-state index contributed by atoms with van der Waals surface area (Å²) < 4.78 is 53.3. The lowest BCUT2D eigenvalue weighted by molar-refractivity contribution is 0.555. The van der Waals surface area contributed by atoms with Crippen LogP contribution in [-0.4, -0.2) is 8.42 Å². The number of rotatable bonds is 5. The summed E-state index contributed by atoms with van der Waals surface area (Å²) in [5, 5.41) is 0. The highest BCUT2D eigenvalue weighted by molar-refractivity contribution is 7.92. The molecule has 22 heavy (non-hydrogen) atoms. The van der Waals surface area contributed by atoms with Crippen molar-refractivity contribution in [2.75, 3.05) is 4.72 Å². The predicted octanol–water partition coefficient (Wildman–Crippen LogP) is 4.28. The smallest absolute Gasteiger partial charge is 0.264 e. The van der Waals surface area contributed by atoms with Gasteiger partial charge in [0, 0.05) is 5.69 Å². The summed E-state index contributed by atoms with van der Waals surface area (Å²) in [4.78, 5) is -0.710. The topological polar surface area (TPSA) is 46.2 Å². The molecule has 3 nitrogen and oxygen atoms in total. The fourth-order valence-corrected chi connectivity index (χ4v) is 3.16. The van der Waals surface area contributed by atoms with Crippen molar-refractivity contribution in [2.45, 2.75) is 31.1 Å². The third kappa shape index (κ3) is 3.62. The zero-order valence-electron chi connectivity index (χ0n) is 12.3. The van der Waals surface area contributed by atoms with E-state index < -0.39 is 26.6 Å². The molecule has 2 aromatic carbocycles. The zero-order chi connectivity index (χ0) is 16.3. The van der Waals surface area contributed by atoms with Gasteiger partial charge < -0.3 is 0 Å². The van der Waals surface area contributed by atoms with Crippen molar-refractivity contribution in [1.82, 2.24) is 0 Å². The van der Waals surface area contributed by atoms with Gasteiger partial charge in [-0.1, -0.05) is 26.0 Å². The van der Waals surface area contributed by atoms with Crippen molar-refractivity contribution < 1.29 is 17.2 Å². The molecule has 0 amide bonds. The van der Waals surface area contributed by atoms with Gasteiger partial charge in [0.2, 0.25) is 0 Å². The van der Waals surface area contributed by atoms with Crippen molar-refractivity contribution in [3.05, 3.63) is 59.7 Å². The first kappa shape index (κ1) is 16.4. The van der Waals surface area contributed by atoms with Gasteiger partial charge in [-0.3, -0.25) is 4.72 Å². The Morgan fingerprint density at radius 3 is 2.32 bits per heavy atom. The molecule has 0 spiro atoms. The minimum Gasteiger partial charge on any atom is -0.280 e. The molecule has 2 aromatic rings. The highest BCUT2D eigenvalue weighted by Crippen LogP contribution is 2.23. The minimum atomic E-state index is -4.17. The monoisotopic (exact) mass is 325 g/mol. The lowest BCUT2D eigenvalue weighted by Crippen LogP contribution is -2.15. The van der Waals surface area contributed by atoms with Gasteiger partial charge in [0.15, 0.2) is 0 Å². The Kier molecular flexibility index (Phi) is 4.81. The van der Waals surface area contributed by atoms with Crippen LogP contribution in [0.2, 0.25) is 0 Å². The molecule has 0 aromatic heterocycles. The summed E-state index contributed by atoms with van der Waals surface area (Å²) in [5.41, 5.74) is 1.39.